The number of carbonyl (C=O) groups is 1. The summed E-state index contributed by atoms with van der Waals surface area (Å²) in [5.74, 6) is 1.06. The van der Waals surface area contributed by atoms with E-state index in [1.807, 2.05) is 0 Å². The smallest absolute Gasteiger partial charge is 0.398 e. The number of halogens is 3. The van der Waals surface area contributed by atoms with Crippen LogP contribution in [-0.2, 0) is 11.0 Å². The number of hydrogen-bond donors (Lipinski definition) is 2. The molecule has 3 rings (SSSR count). The number of nitrogens with two attached hydrogens (primary N) is 1. The molecule has 2 aliphatic carbocycles. The van der Waals surface area contributed by atoms with Crippen molar-refractivity contribution in [3.8, 4) is 0 Å². The van der Waals surface area contributed by atoms with E-state index in [1.165, 1.54) is 18.6 Å². The van der Waals surface area contributed by atoms with Crippen LogP contribution in [0.1, 0.15) is 24.8 Å². The highest BCUT2D eigenvalue weighted by Crippen LogP contribution is 2.54. The van der Waals surface area contributed by atoms with Crippen LogP contribution in [-0.4, -0.2) is 5.91 Å². The SMILES string of the molecule is Nc1ccc(NC(=O)C2CC3CC3C2)cc1C(F)(F)F. The maximum Gasteiger partial charge on any atom is 0.418 e. The second-order valence-corrected chi connectivity index (χ2v) is 5.71. The van der Waals surface area contributed by atoms with E-state index in [-0.39, 0.29) is 23.2 Å². The number of nitrogens with one attached hydrogen (secondary N) is 1. The van der Waals surface area contributed by atoms with E-state index in [0.29, 0.717) is 11.8 Å². The summed E-state index contributed by atoms with van der Waals surface area (Å²) >= 11 is 0. The average Bonchev–Trinajstić information content (AvgIpc) is 2.97. The van der Waals surface area contributed by atoms with Gasteiger partial charge < -0.3 is 11.1 Å². The van der Waals surface area contributed by atoms with Gasteiger partial charge in [-0.1, -0.05) is 0 Å². The molecule has 2 fully saturated rings. The molecule has 2 aliphatic rings. The number of rotatable bonds is 2. The Labute approximate surface area is 114 Å². The number of fused-ring (bicyclic) bond motifs is 1. The molecule has 0 spiro atoms. The number of hydrogen-bond acceptors (Lipinski definition) is 2. The van der Waals surface area contributed by atoms with Gasteiger partial charge in [0.25, 0.3) is 0 Å². The minimum Gasteiger partial charge on any atom is -0.398 e. The van der Waals surface area contributed by atoms with Crippen LogP contribution < -0.4 is 11.1 Å². The molecule has 20 heavy (non-hydrogen) atoms. The van der Waals surface area contributed by atoms with Crippen molar-refractivity contribution in [2.75, 3.05) is 11.1 Å². The molecule has 3 nitrogen and oxygen atoms in total. The van der Waals surface area contributed by atoms with E-state index in [0.717, 1.165) is 18.9 Å². The fraction of sp³-hybridized carbons (Fsp3) is 0.500. The molecule has 2 saturated carbocycles. The lowest BCUT2D eigenvalue weighted by Gasteiger charge is -2.15. The molecule has 0 aliphatic heterocycles. The number of nitrogen functional groups attached to an aromatic ring is 1. The van der Waals surface area contributed by atoms with Crippen LogP contribution in [0.15, 0.2) is 18.2 Å². The molecule has 0 aromatic heterocycles. The molecule has 0 heterocycles. The molecule has 3 N–H and O–H groups in total. The molecule has 0 saturated heterocycles. The Kier molecular flexibility index (Phi) is 2.92. The second-order valence-electron chi connectivity index (χ2n) is 5.71. The van der Waals surface area contributed by atoms with Crippen molar-refractivity contribution in [2.45, 2.75) is 25.4 Å². The molecule has 6 heteroatoms. The molecule has 2 atom stereocenters. The van der Waals surface area contributed by atoms with Gasteiger partial charge in [-0.2, -0.15) is 13.2 Å². The molecular weight excluding hydrogens is 269 g/mol. The third kappa shape index (κ3) is 2.46. The van der Waals surface area contributed by atoms with E-state index in [1.54, 1.807) is 0 Å². The van der Waals surface area contributed by atoms with Gasteiger partial charge in [-0.3, -0.25) is 4.79 Å². The first-order valence-corrected chi connectivity index (χ1v) is 6.62. The Balaban J connectivity index is 1.72. The topological polar surface area (TPSA) is 55.1 Å². The Morgan fingerprint density at radius 2 is 1.85 bits per heavy atom. The standard InChI is InChI=1S/C14H15F3N2O/c15-14(16,17)11-6-10(1-2-12(11)18)19-13(20)9-4-7-3-8(7)5-9/h1-2,6-9H,3-5,18H2,(H,19,20). The summed E-state index contributed by atoms with van der Waals surface area (Å²) in [5, 5.41) is 2.57. The van der Waals surface area contributed by atoms with E-state index in [2.05, 4.69) is 5.32 Å². The van der Waals surface area contributed by atoms with Gasteiger partial charge in [0.05, 0.1) is 5.56 Å². The van der Waals surface area contributed by atoms with Crippen LogP contribution in [0.2, 0.25) is 0 Å². The third-order valence-electron chi connectivity index (χ3n) is 4.24. The van der Waals surface area contributed by atoms with Gasteiger partial charge in [-0.25, -0.2) is 0 Å². The van der Waals surface area contributed by atoms with Gasteiger partial charge in [0.1, 0.15) is 0 Å². The molecule has 108 valence electrons. The lowest BCUT2D eigenvalue weighted by atomic mass is 10.0. The summed E-state index contributed by atoms with van der Waals surface area (Å²) in [7, 11) is 0. The van der Waals surface area contributed by atoms with Gasteiger partial charge in [0.2, 0.25) is 5.91 Å². The normalized spacial score (nSPS) is 28.1. The Morgan fingerprint density at radius 3 is 2.45 bits per heavy atom. The minimum atomic E-state index is -4.51. The van der Waals surface area contributed by atoms with Gasteiger partial charge in [0.15, 0.2) is 0 Å². The Morgan fingerprint density at radius 1 is 1.20 bits per heavy atom. The molecular formula is C14H15F3N2O. The van der Waals surface area contributed by atoms with Gasteiger partial charge in [-0.15, -0.1) is 0 Å². The summed E-state index contributed by atoms with van der Waals surface area (Å²) in [6.45, 7) is 0. The number of benzene rings is 1. The van der Waals surface area contributed by atoms with Crippen LogP contribution >= 0.6 is 0 Å². The summed E-state index contributed by atoms with van der Waals surface area (Å²) in [6, 6.07) is 3.46. The van der Waals surface area contributed by atoms with E-state index < -0.39 is 11.7 Å². The van der Waals surface area contributed by atoms with E-state index in [4.69, 9.17) is 5.73 Å². The second kappa shape index (κ2) is 4.40. The summed E-state index contributed by atoms with van der Waals surface area (Å²) in [6.07, 6.45) is -1.60. The van der Waals surface area contributed by atoms with Crippen molar-refractivity contribution in [3.05, 3.63) is 23.8 Å². The van der Waals surface area contributed by atoms with Crippen LogP contribution in [0.4, 0.5) is 24.5 Å². The molecule has 1 aromatic rings. The molecule has 1 amide bonds. The zero-order chi connectivity index (χ0) is 14.5. The molecule has 0 bridgehead atoms. The quantitative estimate of drug-likeness (QED) is 0.819. The largest absolute Gasteiger partial charge is 0.418 e. The van der Waals surface area contributed by atoms with Crippen molar-refractivity contribution >= 4 is 17.3 Å². The van der Waals surface area contributed by atoms with Crippen molar-refractivity contribution in [2.24, 2.45) is 17.8 Å². The highest BCUT2D eigenvalue weighted by molar-refractivity contribution is 5.93. The predicted molar refractivity (Wildman–Crippen MR) is 68.8 cm³/mol. The first kappa shape index (κ1) is 13.3. The van der Waals surface area contributed by atoms with E-state index in [9.17, 15) is 18.0 Å². The monoisotopic (exact) mass is 284 g/mol. The lowest BCUT2D eigenvalue weighted by molar-refractivity contribution is -0.137. The number of amides is 1. The fourth-order valence-corrected chi connectivity index (χ4v) is 3.05. The summed E-state index contributed by atoms with van der Waals surface area (Å²) in [5.41, 5.74) is 4.22. The first-order valence-electron chi connectivity index (χ1n) is 6.62. The van der Waals surface area contributed by atoms with Crippen LogP contribution in [0.5, 0.6) is 0 Å². The van der Waals surface area contributed by atoms with Gasteiger partial charge in [-0.05, 0) is 49.3 Å². The van der Waals surface area contributed by atoms with Crippen LogP contribution in [0.25, 0.3) is 0 Å². The maximum absolute atomic E-state index is 12.7. The van der Waals surface area contributed by atoms with Crippen molar-refractivity contribution in [1.82, 2.24) is 0 Å². The molecule has 2 unspecified atom stereocenters. The van der Waals surface area contributed by atoms with Gasteiger partial charge >= 0.3 is 6.18 Å². The highest BCUT2D eigenvalue weighted by Gasteiger charge is 2.48. The van der Waals surface area contributed by atoms with Crippen LogP contribution in [0.3, 0.4) is 0 Å². The number of alkyl halides is 3. The third-order valence-corrected chi connectivity index (χ3v) is 4.24. The highest BCUT2D eigenvalue weighted by atomic mass is 19.4. The van der Waals surface area contributed by atoms with Gasteiger partial charge in [0, 0.05) is 17.3 Å². The summed E-state index contributed by atoms with van der Waals surface area (Å²) < 4.78 is 38.2. The Bertz CT molecular complexity index is 546. The zero-order valence-corrected chi connectivity index (χ0v) is 10.7. The molecule has 1 aromatic carbocycles. The van der Waals surface area contributed by atoms with Crippen molar-refractivity contribution in [1.29, 1.82) is 0 Å². The number of carbonyl (C=O) groups excluding carboxylic acids is 1. The van der Waals surface area contributed by atoms with Crippen molar-refractivity contribution < 1.29 is 18.0 Å². The fourth-order valence-electron chi connectivity index (χ4n) is 3.05. The van der Waals surface area contributed by atoms with Crippen molar-refractivity contribution in [3.63, 3.8) is 0 Å². The molecule has 0 radical (unpaired) electrons. The maximum atomic E-state index is 12.7. The lowest BCUT2D eigenvalue weighted by Crippen LogP contribution is -2.22. The minimum absolute atomic E-state index is 0.0642. The summed E-state index contributed by atoms with van der Waals surface area (Å²) in [4.78, 5) is 12.0. The first-order chi connectivity index (χ1) is 9.34. The van der Waals surface area contributed by atoms with Crippen LogP contribution in [0, 0.1) is 17.8 Å². The average molecular weight is 284 g/mol. The predicted octanol–water partition coefficient (Wildman–Crippen LogP) is 3.27. The zero-order valence-electron chi connectivity index (χ0n) is 10.7. The van der Waals surface area contributed by atoms with E-state index >= 15 is 0 Å². The Hall–Kier alpha value is -1.72. The number of anilines is 2.